The van der Waals surface area contributed by atoms with Crippen LogP contribution in [-0.4, -0.2) is 27.3 Å². The number of carbonyl (C=O) groups excluding carboxylic acids is 1. The van der Waals surface area contributed by atoms with Crippen LogP contribution in [0.4, 0.5) is 5.95 Å². The van der Waals surface area contributed by atoms with Gasteiger partial charge < -0.3 is 14.6 Å². The number of rotatable bonds is 6. The van der Waals surface area contributed by atoms with Crippen molar-refractivity contribution >= 4 is 11.9 Å². The number of aryl methyl sites for hydroxylation is 1. The van der Waals surface area contributed by atoms with Gasteiger partial charge in [-0.05, 0) is 31.6 Å². The molecule has 0 fully saturated rings. The minimum Gasteiger partial charge on any atom is -0.459 e. The van der Waals surface area contributed by atoms with Crippen LogP contribution in [0, 0.1) is 18.3 Å². The molecule has 0 bridgehead atoms. The van der Waals surface area contributed by atoms with E-state index in [0.717, 1.165) is 22.5 Å². The highest BCUT2D eigenvalue weighted by molar-refractivity contribution is 5.78. The van der Waals surface area contributed by atoms with Crippen LogP contribution in [0.15, 0.2) is 53.3 Å². The van der Waals surface area contributed by atoms with Crippen LogP contribution in [0.2, 0.25) is 0 Å². The summed E-state index contributed by atoms with van der Waals surface area (Å²) in [6, 6.07) is 3.82. The number of fused-ring (bicyclic) bond motifs is 1. The van der Waals surface area contributed by atoms with E-state index in [1.54, 1.807) is 11.1 Å². The van der Waals surface area contributed by atoms with E-state index < -0.39 is 0 Å². The van der Waals surface area contributed by atoms with Gasteiger partial charge in [-0.25, -0.2) is 9.97 Å². The van der Waals surface area contributed by atoms with Gasteiger partial charge in [0.1, 0.15) is 17.9 Å². The second-order valence-electron chi connectivity index (χ2n) is 7.01. The van der Waals surface area contributed by atoms with Crippen molar-refractivity contribution in [3.05, 3.63) is 65.7 Å². The van der Waals surface area contributed by atoms with Crippen molar-refractivity contribution in [2.24, 2.45) is 0 Å². The molecule has 0 unspecified atom stereocenters. The fraction of sp³-hybridized carbons (Fsp3) is 0.273. The molecule has 0 aliphatic carbocycles. The summed E-state index contributed by atoms with van der Waals surface area (Å²) < 4.78 is 6.03. The highest BCUT2D eigenvalue weighted by atomic mass is 16.3. The van der Waals surface area contributed by atoms with Gasteiger partial charge in [0.25, 0.3) is 0 Å². The first-order valence-electron chi connectivity index (χ1n) is 9.27. The van der Waals surface area contributed by atoms with Gasteiger partial charge in [-0.2, -0.15) is 5.26 Å². The highest BCUT2D eigenvalue weighted by Crippen LogP contribution is 2.30. The van der Waals surface area contributed by atoms with Crippen LogP contribution in [0.1, 0.15) is 30.2 Å². The van der Waals surface area contributed by atoms with Crippen LogP contribution < -0.4 is 5.32 Å². The number of allylic oxidation sites excluding steroid dienone is 3. The monoisotopic (exact) mass is 389 g/mol. The summed E-state index contributed by atoms with van der Waals surface area (Å²) in [5.74, 6) is 1.74. The summed E-state index contributed by atoms with van der Waals surface area (Å²) >= 11 is 0. The molecule has 1 amide bonds. The summed E-state index contributed by atoms with van der Waals surface area (Å²) in [5, 5.41) is 11.8. The topological polar surface area (TPSA) is 95.0 Å². The normalized spacial score (nSPS) is 13.1. The van der Waals surface area contributed by atoms with Crippen LogP contribution in [0.5, 0.6) is 0 Å². The van der Waals surface area contributed by atoms with Gasteiger partial charge in [0.15, 0.2) is 5.76 Å². The Morgan fingerprint density at radius 1 is 1.45 bits per heavy atom. The van der Waals surface area contributed by atoms with Crippen molar-refractivity contribution in [1.29, 1.82) is 5.26 Å². The second-order valence-corrected chi connectivity index (χ2v) is 7.01. The Balaban J connectivity index is 1.81. The Kier molecular flexibility index (Phi) is 5.93. The van der Waals surface area contributed by atoms with E-state index in [-0.39, 0.29) is 12.3 Å². The molecular formula is C22H23N5O2. The van der Waals surface area contributed by atoms with Gasteiger partial charge in [0, 0.05) is 37.0 Å². The standard InChI is InChI=1S/C22H23N5O2/c1-14(2)5-6-16(4)25-22-24-12-15(3)21(26-22)19-11-17-13-27(20(28)7-9-23)10-8-18(17)29-19/h5-6,11-12H,1,4,7-8,10,13H2,2-3H3,(H,24,25,26)/b6-5-. The Bertz CT molecular complexity index is 1040. The molecule has 7 heteroatoms. The van der Waals surface area contributed by atoms with Gasteiger partial charge in [-0.3, -0.25) is 4.79 Å². The molecule has 0 saturated heterocycles. The Labute approximate surface area is 170 Å². The average Bonchev–Trinajstić information content (AvgIpc) is 3.11. The summed E-state index contributed by atoms with van der Waals surface area (Å²) in [6.45, 7) is 12.6. The molecule has 0 aromatic carbocycles. The van der Waals surface area contributed by atoms with Crippen molar-refractivity contribution in [3.8, 4) is 17.5 Å². The molecule has 0 radical (unpaired) electrons. The predicted molar refractivity (Wildman–Crippen MR) is 111 cm³/mol. The van der Waals surface area contributed by atoms with Crippen LogP contribution in [0.25, 0.3) is 11.5 Å². The van der Waals surface area contributed by atoms with Crippen molar-refractivity contribution in [3.63, 3.8) is 0 Å². The highest BCUT2D eigenvalue weighted by Gasteiger charge is 2.25. The fourth-order valence-corrected chi connectivity index (χ4v) is 3.02. The minimum atomic E-state index is -0.160. The number of nitriles is 1. The van der Waals surface area contributed by atoms with Gasteiger partial charge >= 0.3 is 0 Å². The van der Waals surface area contributed by atoms with Crippen LogP contribution >= 0.6 is 0 Å². The van der Waals surface area contributed by atoms with Crippen LogP contribution in [-0.2, 0) is 17.8 Å². The summed E-state index contributed by atoms with van der Waals surface area (Å²) in [7, 11) is 0. The van der Waals surface area contributed by atoms with Crippen LogP contribution in [0.3, 0.4) is 0 Å². The van der Waals surface area contributed by atoms with E-state index in [1.807, 2.05) is 38.1 Å². The zero-order chi connectivity index (χ0) is 21.0. The summed E-state index contributed by atoms with van der Waals surface area (Å²) in [6.07, 6.45) is 5.90. The first kappa shape index (κ1) is 20.1. The number of anilines is 1. The number of carbonyl (C=O) groups is 1. The number of hydrogen-bond acceptors (Lipinski definition) is 6. The van der Waals surface area contributed by atoms with Gasteiger partial charge in [0.2, 0.25) is 11.9 Å². The largest absolute Gasteiger partial charge is 0.459 e. The van der Waals surface area contributed by atoms with E-state index in [0.29, 0.717) is 42.6 Å². The number of furan rings is 1. The number of aromatic nitrogens is 2. The van der Waals surface area contributed by atoms with E-state index in [2.05, 4.69) is 28.4 Å². The molecule has 148 valence electrons. The van der Waals surface area contributed by atoms with E-state index >= 15 is 0 Å². The molecule has 1 aliphatic heterocycles. The molecule has 7 nitrogen and oxygen atoms in total. The molecule has 2 aromatic heterocycles. The molecular weight excluding hydrogens is 366 g/mol. The molecule has 1 aliphatic rings. The average molecular weight is 389 g/mol. The maximum Gasteiger partial charge on any atom is 0.237 e. The second kappa shape index (κ2) is 8.57. The predicted octanol–water partition coefficient (Wildman–Crippen LogP) is 3.90. The lowest BCUT2D eigenvalue weighted by molar-refractivity contribution is -0.131. The number of amides is 1. The zero-order valence-electron chi connectivity index (χ0n) is 16.7. The van der Waals surface area contributed by atoms with Crippen molar-refractivity contribution in [2.45, 2.75) is 33.2 Å². The molecule has 0 spiro atoms. The Morgan fingerprint density at radius 2 is 2.24 bits per heavy atom. The van der Waals surface area contributed by atoms with Crippen molar-refractivity contribution in [1.82, 2.24) is 14.9 Å². The maximum absolute atomic E-state index is 12.0. The van der Waals surface area contributed by atoms with Gasteiger partial charge in [-0.15, -0.1) is 0 Å². The maximum atomic E-state index is 12.0. The third-order valence-corrected chi connectivity index (χ3v) is 4.50. The van der Waals surface area contributed by atoms with Crippen molar-refractivity contribution in [2.75, 3.05) is 11.9 Å². The fourth-order valence-electron chi connectivity index (χ4n) is 3.02. The van der Waals surface area contributed by atoms with E-state index in [1.165, 1.54) is 0 Å². The minimum absolute atomic E-state index is 0.107. The van der Waals surface area contributed by atoms with E-state index in [9.17, 15) is 4.79 Å². The van der Waals surface area contributed by atoms with Gasteiger partial charge in [0.05, 0.1) is 6.07 Å². The molecule has 1 N–H and O–H groups in total. The first-order chi connectivity index (χ1) is 13.9. The molecule has 0 saturated carbocycles. The van der Waals surface area contributed by atoms with E-state index in [4.69, 9.17) is 9.68 Å². The Hall–Kier alpha value is -3.66. The molecule has 3 rings (SSSR count). The zero-order valence-corrected chi connectivity index (χ0v) is 16.7. The molecule has 0 atom stereocenters. The smallest absolute Gasteiger partial charge is 0.237 e. The molecule has 3 heterocycles. The third kappa shape index (κ3) is 4.79. The lowest BCUT2D eigenvalue weighted by atomic mass is 10.1. The number of nitrogens with zero attached hydrogens (tertiary/aromatic N) is 4. The van der Waals surface area contributed by atoms with Crippen molar-refractivity contribution < 1.29 is 9.21 Å². The third-order valence-electron chi connectivity index (χ3n) is 4.50. The lowest BCUT2D eigenvalue weighted by Crippen LogP contribution is -2.35. The quantitative estimate of drug-likeness (QED) is 0.753. The summed E-state index contributed by atoms with van der Waals surface area (Å²) in [4.78, 5) is 22.6. The summed E-state index contributed by atoms with van der Waals surface area (Å²) in [5.41, 5.74) is 4.07. The Morgan fingerprint density at radius 3 is 2.97 bits per heavy atom. The number of nitrogens with one attached hydrogen (secondary N) is 1. The SMILES string of the molecule is C=C(C)/C=C\C(=C)Nc1ncc(C)c(-c2cc3c(o2)CCN(C(=O)CC#N)C3)n1. The first-order valence-corrected chi connectivity index (χ1v) is 9.27. The molecule has 29 heavy (non-hydrogen) atoms. The number of hydrogen-bond donors (Lipinski definition) is 1. The van der Waals surface area contributed by atoms with Gasteiger partial charge in [-0.1, -0.05) is 24.8 Å². The lowest BCUT2D eigenvalue weighted by Gasteiger charge is -2.25. The molecule has 2 aromatic rings.